The molecule has 1 N–H and O–H groups in total. The monoisotopic (exact) mass is 200 g/mol. The summed E-state index contributed by atoms with van der Waals surface area (Å²) in [6.45, 7) is 2.42. The van der Waals surface area contributed by atoms with Gasteiger partial charge >= 0.3 is 5.97 Å². The van der Waals surface area contributed by atoms with Gasteiger partial charge in [0.05, 0.1) is 6.61 Å². The highest BCUT2D eigenvalue weighted by atomic mass is 16.5. The van der Waals surface area contributed by atoms with E-state index in [1.165, 1.54) is 4.68 Å². The van der Waals surface area contributed by atoms with Crippen LogP contribution in [-0.2, 0) is 11.3 Å². The lowest BCUT2D eigenvalue weighted by Crippen LogP contribution is -2.15. The molecule has 1 heterocycles. The molecule has 7 nitrogen and oxygen atoms in total. The van der Waals surface area contributed by atoms with Crippen molar-refractivity contribution >= 4 is 5.97 Å². The van der Waals surface area contributed by atoms with Crippen LogP contribution < -0.4 is 0 Å². The van der Waals surface area contributed by atoms with Crippen molar-refractivity contribution in [2.24, 2.45) is 0 Å². The number of ether oxygens (including phenoxy) is 1. The summed E-state index contributed by atoms with van der Waals surface area (Å²) < 4.78 is 6.06. The second-order valence-corrected chi connectivity index (χ2v) is 2.52. The summed E-state index contributed by atoms with van der Waals surface area (Å²) in [5.74, 6) is -0.476. The number of aliphatic hydroxyl groups is 1. The summed E-state index contributed by atoms with van der Waals surface area (Å²) in [6.07, 6.45) is 0.497. The minimum Gasteiger partial charge on any atom is -0.460 e. The Bertz CT molecular complexity index is 299. The molecule has 0 fully saturated rings. The van der Waals surface area contributed by atoms with E-state index in [-0.39, 0.29) is 19.0 Å². The maximum absolute atomic E-state index is 11.2. The van der Waals surface area contributed by atoms with Crippen LogP contribution in [0.5, 0.6) is 0 Å². The predicted octanol–water partition coefficient (Wildman–Crippen LogP) is -0.768. The van der Waals surface area contributed by atoms with E-state index in [2.05, 4.69) is 15.5 Å². The summed E-state index contributed by atoms with van der Waals surface area (Å²) in [5, 5.41) is 19.1. The van der Waals surface area contributed by atoms with E-state index in [0.29, 0.717) is 13.0 Å². The molecule has 0 spiro atoms. The molecule has 0 atom stereocenters. The zero-order valence-electron chi connectivity index (χ0n) is 7.88. The minimum atomic E-state index is -0.546. The molecule has 78 valence electrons. The van der Waals surface area contributed by atoms with Gasteiger partial charge in [-0.3, -0.25) is 0 Å². The molecule has 14 heavy (non-hydrogen) atoms. The fourth-order valence-electron chi connectivity index (χ4n) is 0.918. The van der Waals surface area contributed by atoms with Crippen molar-refractivity contribution < 1.29 is 14.6 Å². The van der Waals surface area contributed by atoms with Gasteiger partial charge < -0.3 is 9.84 Å². The summed E-state index contributed by atoms with van der Waals surface area (Å²) in [5.41, 5.74) is 0. The molecule has 0 saturated heterocycles. The van der Waals surface area contributed by atoms with Crippen LogP contribution in [0.25, 0.3) is 0 Å². The van der Waals surface area contributed by atoms with Gasteiger partial charge in [-0.15, -0.1) is 5.10 Å². The molecule has 0 aliphatic rings. The molecule has 7 heteroatoms. The van der Waals surface area contributed by atoms with Gasteiger partial charge in [0, 0.05) is 13.2 Å². The third-order valence-electron chi connectivity index (χ3n) is 1.52. The van der Waals surface area contributed by atoms with E-state index in [0.717, 1.165) is 0 Å². The number of carbonyl (C=O) groups is 1. The normalized spacial score (nSPS) is 10.1. The third kappa shape index (κ3) is 2.49. The van der Waals surface area contributed by atoms with Crippen molar-refractivity contribution in [3.63, 3.8) is 0 Å². The van der Waals surface area contributed by atoms with Gasteiger partial charge in [-0.05, 0) is 23.8 Å². The van der Waals surface area contributed by atoms with Gasteiger partial charge in [-0.2, -0.15) is 0 Å². The molecule has 0 aliphatic heterocycles. The van der Waals surface area contributed by atoms with E-state index in [9.17, 15) is 4.79 Å². The van der Waals surface area contributed by atoms with Crippen molar-refractivity contribution in [1.82, 2.24) is 20.2 Å². The first kappa shape index (κ1) is 10.6. The number of hydrogen-bond acceptors (Lipinski definition) is 6. The summed E-state index contributed by atoms with van der Waals surface area (Å²) in [6, 6.07) is 0. The van der Waals surface area contributed by atoms with E-state index >= 15 is 0 Å². The van der Waals surface area contributed by atoms with Crippen LogP contribution in [-0.4, -0.2) is 44.5 Å². The van der Waals surface area contributed by atoms with Crippen LogP contribution in [0.15, 0.2) is 0 Å². The van der Waals surface area contributed by atoms with E-state index in [4.69, 9.17) is 9.84 Å². The Morgan fingerprint density at radius 2 is 2.43 bits per heavy atom. The topological polar surface area (TPSA) is 90.1 Å². The van der Waals surface area contributed by atoms with Crippen molar-refractivity contribution in [2.45, 2.75) is 19.9 Å². The van der Waals surface area contributed by atoms with Crippen LogP contribution in [0.1, 0.15) is 24.0 Å². The number of nitrogens with zero attached hydrogens (tertiary/aromatic N) is 4. The van der Waals surface area contributed by atoms with E-state index < -0.39 is 5.97 Å². The smallest absolute Gasteiger partial charge is 0.378 e. The van der Waals surface area contributed by atoms with Crippen LogP contribution in [0.4, 0.5) is 0 Å². The quantitative estimate of drug-likeness (QED) is 0.628. The first-order chi connectivity index (χ1) is 6.79. The van der Waals surface area contributed by atoms with Gasteiger partial charge in [-0.25, -0.2) is 9.48 Å². The van der Waals surface area contributed by atoms with Crippen molar-refractivity contribution in [2.75, 3.05) is 13.2 Å². The maximum Gasteiger partial charge on any atom is 0.378 e. The first-order valence-corrected chi connectivity index (χ1v) is 4.33. The Balaban J connectivity index is 2.66. The minimum absolute atomic E-state index is 0.0299. The second kappa shape index (κ2) is 5.28. The molecule has 0 bridgehead atoms. The zero-order chi connectivity index (χ0) is 10.4. The van der Waals surface area contributed by atoms with Crippen LogP contribution >= 0.6 is 0 Å². The molecular formula is C7H12N4O3. The Hall–Kier alpha value is -1.50. The maximum atomic E-state index is 11.2. The highest BCUT2D eigenvalue weighted by Crippen LogP contribution is 1.97. The standard InChI is InChI=1S/C7H12N4O3/c1-2-14-7(13)6-8-9-10-11(6)4-3-5-12/h12H,2-5H2,1H3. The Morgan fingerprint density at radius 1 is 1.64 bits per heavy atom. The fourth-order valence-corrected chi connectivity index (χ4v) is 0.918. The number of aliphatic hydroxyl groups excluding tert-OH is 1. The average molecular weight is 200 g/mol. The zero-order valence-corrected chi connectivity index (χ0v) is 7.88. The highest BCUT2D eigenvalue weighted by Gasteiger charge is 2.15. The number of aromatic nitrogens is 4. The van der Waals surface area contributed by atoms with Gasteiger partial charge in [0.1, 0.15) is 0 Å². The molecule has 0 radical (unpaired) electrons. The third-order valence-corrected chi connectivity index (χ3v) is 1.52. The largest absolute Gasteiger partial charge is 0.460 e. The number of rotatable bonds is 5. The number of hydrogen-bond donors (Lipinski definition) is 1. The van der Waals surface area contributed by atoms with Crippen LogP contribution in [0.2, 0.25) is 0 Å². The van der Waals surface area contributed by atoms with Gasteiger partial charge in [0.15, 0.2) is 0 Å². The molecular weight excluding hydrogens is 188 g/mol. The van der Waals surface area contributed by atoms with Crippen molar-refractivity contribution in [3.8, 4) is 0 Å². The second-order valence-electron chi connectivity index (χ2n) is 2.52. The lowest BCUT2D eigenvalue weighted by molar-refractivity contribution is 0.0503. The number of esters is 1. The van der Waals surface area contributed by atoms with Crippen LogP contribution in [0.3, 0.4) is 0 Å². The average Bonchev–Trinajstić information content (AvgIpc) is 2.63. The number of aryl methyl sites for hydroxylation is 1. The molecule has 1 aromatic heterocycles. The highest BCUT2D eigenvalue weighted by molar-refractivity contribution is 5.85. The molecule has 0 aliphatic carbocycles. The fraction of sp³-hybridized carbons (Fsp3) is 0.714. The summed E-state index contributed by atoms with van der Waals surface area (Å²) in [7, 11) is 0. The summed E-state index contributed by atoms with van der Waals surface area (Å²) in [4.78, 5) is 11.2. The van der Waals surface area contributed by atoms with Crippen molar-refractivity contribution in [1.29, 1.82) is 0 Å². The predicted molar refractivity (Wildman–Crippen MR) is 45.5 cm³/mol. The van der Waals surface area contributed by atoms with Gasteiger partial charge in [0.25, 0.3) is 5.82 Å². The van der Waals surface area contributed by atoms with Crippen molar-refractivity contribution in [3.05, 3.63) is 5.82 Å². The Labute approximate surface area is 80.7 Å². The molecule has 1 aromatic rings. The molecule has 0 aromatic carbocycles. The van der Waals surface area contributed by atoms with E-state index in [1.807, 2.05) is 0 Å². The van der Waals surface area contributed by atoms with Gasteiger partial charge in [0.2, 0.25) is 0 Å². The number of tetrazole rings is 1. The SMILES string of the molecule is CCOC(=O)c1nnnn1CCCO. The van der Waals surface area contributed by atoms with E-state index in [1.54, 1.807) is 6.92 Å². The molecule has 0 saturated carbocycles. The summed E-state index contributed by atoms with van der Waals surface area (Å²) >= 11 is 0. The lowest BCUT2D eigenvalue weighted by Gasteiger charge is -2.02. The number of carbonyl (C=O) groups excluding carboxylic acids is 1. The Morgan fingerprint density at radius 3 is 3.07 bits per heavy atom. The molecule has 1 rings (SSSR count). The first-order valence-electron chi connectivity index (χ1n) is 4.33. The Kier molecular flexibility index (Phi) is 3.99. The molecule has 0 amide bonds. The lowest BCUT2D eigenvalue weighted by atomic mass is 10.4. The molecule has 0 unspecified atom stereocenters. The van der Waals surface area contributed by atoms with Crippen LogP contribution in [0, 0.1) is 0 Å². The van der Waals surface area contributed by atoms with Gasteiger partial charge in [-0.1, -0.05) is 0 Å².